The van der Waals surface area contributed by atoms with Crippen LogP contribution < -0.4 is 0 Å². The van der Waals surface area contributed by atoms with Gasteiger partial charge in [-0.2, -0.15) is 0 Å². The van der Waals surface area contributed by atoms with Crippen LogP contribution in [0.4, 0.5) is 0 Å². The number of carbonyl (C=O) groups is 2. The minimum Gasteiger partial charge on any atom is -0.481 e. The SMILES string of the molecule is CCCCCC/C=C\CCCCCCCC(=O)C(O)(CC(=O)O)C[N+](C)(C)C. The number of aliphatic carboxylic acids is 1. The molecule has 0 aliphatic carbocycles. The van der Waals surface area contributed by atoms with Gasteiger partial charge in [-0.1, -0.05) is 57.6 Å². The van der Waals surface area contributed by atoms with E-state index >= 15 is 0 Å². The number of carboxylic acid groups (broad SMARTS) is 1. The zero-order valence-corrected chi connectivity index (χ0v) is 18.7. The first-order chi connectivity index (χ1) is 13.1. The van der Waals surface area contributed by atoms with Crippen LogP contribution in [0.25, 0.3) is 0 Å². The highest BCUT2D eigenvalue weighted by atomic mass is 16.4. The van der Waals surface area contributed by atoms with E-state index in [9.17, 15) is 14.7 Å². The molecule has 0 aromatic heterocycles. The number of unbranched alkanes of at least 4 members (excludes halogenated alkanes) is 9. The van der Waals surface area contributed by atoms with Gasteiger partial charge in [0.05, 0.1) is 27.6 Å². The third kappa shape index (κ3) is 14.8. The molecule has 5 heteroatoms. The lowest BCUT2D eigenvalue weighted by Gasteiger charge is -2.33. The van der Waals surface area contributed by atoms with Crippen molar-refractivity contribution in [3.63, 3.8) is 0 Å². The van der Waals surface area contributed by atoms with Gasteiger partial charge in [0.15, 0.2) is 11.4 Å². The molecule has 5 nitrogen and oxygen atoms in total. The Morgan fingerprint density at radius 3 is 1.86 bits per heavy atom. The van der Waals surface area contributed by atoms with E-state index in [2.05, 4.69) is 19.1 Å². The Kier molecular flexibility index (Phi) is 14.1. The van der Waals surface area contributed by atoms with Crippen molar-refractivity contribution in [2.75, 3.05) is 27.7 Å². The largest absolute Gasteiger partial charge is 0.481 e. The van der Waals surface area contributed by atoms with Crippen LogP contribution in [-0.2, 0) is 9.59 Å². The maximum atomic E-state index is 12.4. The third-order valence-corrected chi connectivity index (χ3v) is 4.86. The second-order valence-corrected chi connectivity index (χ2v) is 9.10. The summed E-state index contributed by atoms with van der Waals surface area (Å²) in [6, 6.07) is 0. The molecular weight excluding hydrogens is 354 g/mol. The summed E-state index contributed by atoms with van der Waals surface area (Å²) in [4.78, 5) is 23.5. The Labute approximate surface area is 172 Å². The summed E-state index contributed by atoms with van der Waals surface area (Å²) < 4.78 is 0.349. The second-order valence-electron chi connectivity index (χ2n) is 9.10. The molecule has 0 saturated carbocycles. The van der Waals surface area contributed by atoms with Gasteiger partial charge in [-0.3, -0.25) is 9.59 Å². The lowest BCUT2D eigenvalue weighted by Crippen LogP contribution is -2.54. The number of aliphatic hydroxyl groups is 1. The normalized spacial score (nSPS) is 14.3. The van der Waals surface area contributed by atoms with Gasteiger partial charge >= 0.3 is 5.97 Å². The molecule has 1 unspecified atom stereocenters. The molecule has 0 amide bonds. The van der Waals surface area contributed by atoms with E-state index in [1.54, 1.807) is 0 Å². The number of ketones is 1. The van der Waals surface area contributed by atoms with E-state index in [1.165, 1.54) is 38.5 Å². The van der Waals surface area contributed by atoms with E-state index < -0.39 is 18.0 Å². The molecule has 0 spiro atoms. The maximum absolute atomic E-state index is 12.4. The van der Waals surface area contributed by atoms with Crippen LogP contribution in [-0.4, -0.2) is 59.7 Å². The van der Waals surface area contributed by atoms with Gasteiger partial charge in [-0.05, 0) is 32.1 Å². The van der Waals surface area contributed by atoms with Gasteiger partial charge in [-0.15, -0.1) is 0 Å². The van der Waals surface area contributed by atoms with E-state index in [0.717, 1.165) is 25.7 Å². The quantitative estimate of drug-likeness (QED) is 0.199. The first-order valence-electron chi connectivity index (χ1n) is 11.0. The number of hydrogen-bond donors (Lipinski definition) is 2. The van der Waals surface area contributed by atoms with Gasteiger partial charge in [0, 0.05) is 6.42 Å². The number of likely N-dealkylation sites (N-methyl/N-ethyl adjacent to an activating group) is 1. The smallest absolute Gasteiger partial charge is 0.306 e. The van der Waals surface area contributed by atoms with E-state index in [4.69, 9.17) is 5.11 Å². The Balaban J connectivity index is 3.94. The number of carboxylic acids is 1. The molecule has 0 bridgehead atoms. The zero-order chi connectivity index (χ0) is 21.5. The molecule has 164 valence electrons. The molecule has 2 N–H and O–H groups in total. The summed E-state index contributed by atoms with van der Waals surface area (Å²) in [5.41, 5.74) is -1.77. The summed E-state index contributed by atoms with van der Waals surface area (Å²) in [5, 5.41) is 19.7. The standard InChI is InChI=1S/C23H43NO4/c1-5-6-7-8-9-10-11-12-13-14-15-16-17-18-21(25)23(28,19-22(26)27)20-24(2,3)4/h10-11,28H,5-9,12-20H2,1-4H3/p+1/b11-10-. The highest BCUT2D eigenvalue weighted by Gasteiger charge is 2.42. The average Bonchev–Trinajstić information content (AvgIpc) is 2.56. The third-order valence-electron chi connectivity index (χ3n) is 4.86. The van der Waals surface area contributed by atoms with Crippen molar-refractivity contribution in [3.8, 4) is 0 Å². The van der Waals surface area contributed by atoms with Gasteiger partial charge in [0.25, 0.3) is 0 Å². The predicted octanol–water partition coefficient (Wildman–Crippen LogP) is 4.72. The molecule has 28 heavy (non-hydrogen) atoms. The van der Waals surface area contributed by atoms with Crippen LogP contribution in [0.15, 0.2) is 12.2 Å². The Morgan fingerprint density at radius 1 is 0.857 bits per heavy atom. The van der Waals surface area contributed by atoms with Crippen molar-refractivity contribution in [2.45, 2.75) is 96.0 Å². The van der Waals surface area contributed by atoms with Gasteiger partial charge in [-0.25, -0.2) is 0 Å². The number of rotatable bonds is 18. The first kappa shape index (κ1) is 26.8. The molecule has 0 aliphatic heterocycles. The highest BCUT2D eigenvalue weighted by Crippen LogP contribution is 2.20. The van der Waals surface area contributed by atoms with Crippen molar-refractivity contribution in [2.24, 2.45) is 0 Å². The molecule has 0 aromatic carbocycles. The molecule has 1 atom stereocenters. The summed E-state index contributed by atoms with van der Waals surface area (Å²) in [5.74, 6) is -1.48. The van der Waals surface area contributed by atoms with Crippen LogP contribution in [0.5, 0.6) is 0 Å². The Morgan fingerprint density at radius 2 is 1.36 bits per heavy atom. The topological polar surface area (TPSA) is 74.6 Å². The minimum absolute atomic E-state index is 0.114. The molecule has 0 aromatic rings. The summed E-state index contributed by atoms with van der Waals surface area (Å²) >= 11 is 0. The van der Waals surface area contributed by atoms with Crippen molar-refractivity contribution in [1.29, 1.82) is 0 Å². The summed E-state index contributed by atoms with van der Waals surface area (Å²) in [6.45, 7) is 2.34. The van der Waals surface area contributed by atoms with Crippen LogP contribution in [0.2, 0.25) is 0 Å². The van der Waals surface area contributed by atoms with Crippen molar-refractivity contribution >= 4 is 11.8 Å². The fraction of sp³-hybridized carbons (Fsp3) is 0.826. The lowest BCUT2D eigenvalue weighted by atomic mass is 9.89. The molecule has 0 radical (unpaired) electrons. The molecule has 0 saturated heterocycles. The molecule has 0 rings (SSSR count). The van der Waals surface area contributed by atoms with Crippen LogP contribution in [0, 0.1) is 0 Å². The van der Waals surface area contributed by atoms with Crippen LogP contribution >= 0.6 is 0 Å². The van der Waals surface area contributed by atoms with E-state index in [1.807, 2.05) is 21.1 Å². The highest BCUT2D eigenvalue weighted by molar-refractivity contribution is 5.90. The molecule has 0 fully saturated rings. The van der Waals surface area contributed by atoms with Crippen molar-refractivity contribution in [1.82, 2.24) is 0 Å². The van der Waals surface area contributed by atoms with E-state index in [0.29, 0.717) is 10.9 Å². The first-order valence-corrected chi connectivity index (χ1v) is 11.0. The minimum atomic E-state index is -1.77. The van der Waals surface area contributed by atoms with Gasteiger partial charge < -0.3 is 14.7 Å². The second kappa shape index (κ2) is 14.7. The number of hydrogen-bond acceptors (Lipinski definition) is 3. The fourth-order valence-electron chi connectivity index (χ4n) is 3.51. The van der Waals surface area contributed by atoms with Gasteiger partial charge in [0.1, 0.15) is 6.54 Å². The molecule has 0 heterocycles. The van der Waals surface area contributed by atoms with Crippen LogP contribution in [0.1, 0.15) is 90.4 Å². The summed E-state index contributed by atoms with van der Waals surface area (Å²) in [6.07, 6.45) is 16.9. The Hall–Kier alpha value is -1.20. The average molecular weight is 399 g/mol. The maximum Gasteiger partial charge on any atom is 0.306 e. The molecular formula is C23H44NO4+. The number of allylic oxidation sites excluding steroid dienone is 2. The monoisotopic (exact) mass is 398 g/mol. The lowest BCUT2D eigenvalue weighted by molar-refractivity contribution is -0.875. The number of Topliss-reactive ketones (excluding diaryl/α,β-unsaturated/α-hetero) is 1. The van der Waals surface area contributed by atoms with Crippen molar-refractivity contribution in [3.05, 3.63) is 12.2 Å². The zero-order valence-electron chi connectivity index (χ0n) is 18.7. The summed E-state index contributed by atoms with van der Waals surface area (Å²) in [7, 11) is 5.54. The Bertz CT molecular complexity index is 468. The van der Waals surface area contributed by atoms with Crippen LogP contribution in [0.3, 0.4) is 0 Å². The van der Waals surface area contributed by atoms with Gasteiger partial charge in [0.2, 0.25) is 0 Å². The fourth-order valence-corrected chi connectivity index (χ4v) is 3.51. The number of carbonyl (C=O) groups excluding carboxylic acids is 1. The van der Waals surface area contributed by atoms with E-state index in [-0.39, 0.29) is 18.7 Å². The predicted molar refractivity (Wildman–Crippen MR) is 115 cm³/mol. The number of quaternary nitrogens is 1. The molecule has 0 aliphatic rings. The number of nitrogens with zero attached hydrogens (tertiary/aromatic N) is 1. The van der Waals surface area contributed by atoms with Crippen molar-refractivity contribution < 1.29 is 24.3 Å².